The van der Waals surface area contributed by atoms with E-state index in [1.807, 2.05) is 6.07 Å². The molecule has 0 radical (unpaired) electrons. The number of hydrogen-bond donors (Lipinski definition) is 1. The van der Waals surface area contributed by atoms with Crippen molar-refractivity contribution >= 4 is 5.97 Å². The number of rotatable bonds is 4. The molecule has 0 saturated heterocycles. The molecular weight excluding hydrogens is 194 g/mol. The van der Waals surface area contributed by atoms with Gasteiger partial charge in [0, 0.05) is 13.0 Å². The van der Waals surface area contributed by atoms with Crippen molar-refractivity contribution in [2.75, 3.05) is 0 Å². The summed E-state index contributed by atoms with van der Waals surface area (Å²) in [7, 11) is 0. The highest BCUT2D eigenvalue weighted by Crippen LogP contribution is 2.13. The van der Waals surface area contributed by atoms with Crippen LogP contribution >= 0.6 is 0 Å². The number of hydrogen-bond acceptors (Lipinski definition) is 3. The highest BCUT2D eigenvalue weighted by Gasteiger charge is 2.16. The van der Waals surface area contributed by atoms with E-state index in [1.54, 1.807) is 18.5 Å². The number of aryl methyl sites for hydroxylation is 2. The Bertz CT molecular complexity index is 415. The normalized spacial score (nSPS) is 9.93. The van der Waals surface area contributed by atoms with Crippen LogP contribution in [0, 0.1) is 25.2 Å². The number of carboxylic acid groups (broad SMARTS) is 1. The first-order valence-electron chi connectivity index (χ1n) is 4.72. The summed E-state index contributed by atoms with van der Waals surface area (Å²) in [5.41, 5.74) is 1.45. The van der Waals surface area contributed by atoms with Gasteiger partial charge in [-0.3, -0.25) is 4.68 Å². The van der Waals surface area contributed by atoms with Gasteiger partial charge in [0.1, 0.15) is 5.56 Å². The molecule has 1 aromatic rings. The third kappa shape index (κ3) is 2.34. The van der Waals surface area contributed by atoms with E-state index in [0.29, 0.717) is 30.8 Å². The van der Waals surface area contributed by atoms with Crippen molar-refractivity contribution in [1.29, 1.82) is 5.26 Å². The number of aromatic carboxylic acids is 1. The van der Waals surface area contributed by atoms with Crippen LogP contribution in [0.1, 0.15) is 34.6 Å². The number of aromatic nitrogens is 2. The van der Waals surface area contributed by atoms with Gasteiger partial charge in [0.05, 0.1) is 17.5 Å². The molecule has 1 rings (SSSR count). The van der Waals surface area contributed by atoms with E-state index in [1.165, 1.54) is 0 Å². The van der Waals surface area contributed by atoms with E-state index in [4.69, 9.17) is 10.4 Å². The molecule has 0 spiro atoms. The highest BCUT2D eigenvalue weighted by molar-refractivity contribution is 5.90. The summed E-state index contributed by atoms with van der Waals surface area (Å²) in [5, 5.41) is 21.4. The van der Waals surface area contributed by atoms with Gasteiger partial charge in [-0.1, -0.05) is 0 Å². The maximum Gasteiger partial charge on any atom is 0.339 e. The van der Waals surface area contributed by atoms with Crippen molar-refractivity contribution in [2.24, 2.45) is 0 Å². The lowest BCUT2D eigenvalue weighted by Gasteiger charge is -2.01. The van der Waals surface area contributed by atoms with Crippen molar-refractivity contribution in [3.8, 4) is 6.07 Å². The van der Waals surface area contributed by atoms with Gasteiger partial charge in [-0.25, -0.2) is 4.79 Å². The molecule has 0 atom stereocenters. The first-order valence-corrected chi connectivity index (χ1v) is 4.72. The first kappa shape index (κ1) is 11.2. The Hall–Kier alpha value is -1.83. The zero-order valence-electron chi connectivity index (χ0n) is 8.82. The minimum Gasteiger partial charge on any atom is -0.478 e. The fourth-order valence-corrected chi connectivity index (χ4v) is 1.53. The van der Waals surface area contributed by atoms with E-state index in [2.05, 4.69) is 5.10 Å². The van der Waals surface area contributed by atoms with E-state index in [9.17, 15) is 4.79 Å². The monoisotopic (exact) mass is 207 g/mol. The second-order valence-corrected chi connectivity index (χ2v) is 3.34. The van der Waals surface area contributed by atoms with Crippen molar-refractivity contribution in [3.05, 3.63) is 17.0 Å². The Morgan fingerprint density at radius 2 is 2.27 bits per heavy atom. The van der Waals surface area contributed by atoms with Crippen molar-refractivity contribution in [3.63, 3.8) is 0 Å². The van der Waals surface area contributed by atoms with Crippen LogP contribution in [0.5, 0.6) is 0 Å². The number of unbranched alkanes of at least 4 members (excludes halogenated alkanes) is 1. The summed E-state index contributed by atoms with van der Waals surface area (Å²) in [5.74, 6) is -0.948. The number of carbonyl (C=O) groups is 1. The minimum absolute atomic E-state index is 0.270. The average molecular weight is 207 g/mol. The molecule has 0 amide bonds. The van der Waals surface area contributed by atoms with Gasteiger partial charge >= 0.3 is 5.97 Å². The third-order valence-corrected chi connectivity index (χ3v) is 2.25. The standard InChI is InChI=1S/C10H13N3O2/c1-7-9(10(14)15)8(2)13(12-7)6-4-3-5-11/h3-4,6H2,1-2H3,(H,14,15). The van der Waals surface area contributed by atoms with Crippen LogP contribution in [0.15, 0.2) is 0 Å². The van der Waals surface area contributed by atoms with Gasteiger partial charge in [0.25, 0.3) is 0 Å². The maximum absolute atomic E-state index is 10.9. The van der Waals surface area contributed by atoms with Gasteiger partial charge in [-0.05, 0) is 20.3 Å². The van der Waals surface area contributed by atoms with E-state index in [-0.39, 0.29) is 5.56 Å². The SMILES string of the molecule is Cc1nn(CCCC#N)c(C)c1C(=O)O. The zero-order valence-corrected chi connectivity index (χ0v) is 8.82. The van der Waals surface area contributed by atoms with Crippen LogP contribution in [-0.2, 0) is 6.54 Å². The van der Waals surface area contributed by atoms with E-state index in [0.717, 1.165) is 0 Å². The molecule has 0 bridgehead atoms. The van der Waals surface area contributed by atoms with Crippen LogP contribution in [-0.4, -0.2) is 20.9 Å². The van der Waals surface area contributed by atoms with Crippen LogP contribution in [0.3, 0.4) is 0 Å². The Morgan fingerprint density at radius 3 is 2.73 bits per heavy atom. The quantitative estimate of drug-likeness (QED) is 0.759. The lowest BCUT2D eigenvalue weighted by atomic mass is 10.2. The lowest BCUT2D eigenvalue weighted by Crippen LogP contribution is -2.04. The molecule has 5 nitrogen and oxygen atoms in total. The Labute approximate surface area is 87.9 Å². The summed E-state index contributed by atoms with van der Waals surface area (Å²) in [6.07, 6.45) is 1.15. The van der Waals surface area contributed by atoms with Gasteiger partial charge < -0.3 is 5.11 Å². The fraction of sp³-hybridized carbons (Fsp3) is 0.500. The lowest BCUT2D eigenvalue weighted by molar-refractivity contribution is 0.0695. The highest BCUT2D eigenvalue weighted by atomic mass is 16.4. The summed E-state index contributed by atoms with van der Waals surface area (Å²) in [6.45, 7) is 4.00. The number of nitrogens with zero attached hydrogens (tertiary/aromatic N) is 3. The molecule has 80 valence electrons. The molecule has 1 heterocycles. The Balaban J connectivity index is 2.88. The fourth-order valence-electron chi connectivity index (χ4n) is 1.53. The summed E-state index contributed by atoms with van der Waals surface area (Å²) < 4.78 is 1.65. The predicted octanol–water partition coefficient (Wildman–Crippen LogP) is 1.50. The third-order valence-electron chi connectivity index (χ3n) is 2.25. The minimum atomic E-state index is -0.948. The molecule has 0 unspecified atom stereocenters. The molecule has 15 heavy (non-hydrogen) atoms. The first-order chi connectivity index (χ1) is 7.07. The molecular formula is C10H13N3O2. The van der Waals surface area contributed by atoms with Crippen LogP contribution in [0.25, 0.3) is 0 Å². The largest absolute Gasteiger partial charge is 0.478 e. The molecule has 0 saturated carbocycles. The summed E-state index contributed by atoms with van der Waals surface area (Å²) >= 11 is 0. The number of nitriles is 1. The Morgan fingerprint density at radius 1 is 1.60 bits per heavy atom. The van der Waals surface area contributed by atoms with Crippen molar-refractivity contribution in [2.45, 2.75) is 33.2 Å². The molecule has 0 aliphatic carbocycles. The zero-order chi connectivity index (χ0) is 11.4. The van der Waals surface area contributed by atoms with Gasteiger partial charge in [0.15, 0.2) is 0 Å². The van der Waals surface area contributed by atoms with Gasteiger partial charge in [-0.2, -0.15) is 10.4 Å². The molecule has 0 aromatic carbocycles. The molecule has 1 N–H and O–H groups in total. The smallest absolute Gasteiger partial charge is 0.339 e. The van der Waals surface area contributed by atoms with Crippen LogP contribution < -0.4 is 0 Å². The second-order valence-electron chi connectivity index (χ2n) is 3.34. The summed E-state index contributed by atoms with van der Waals surface area (Å²) in [4.78, 5) is 10.9. The summed E-state index contributed by atoms with van der Waals surface area (Å²) in [6, 6.07) is 2.04. The van der Waals surface area contributed by atoms with E-state index >= 15 is 0 Å². The molecule has 1 aromatic heterocycles. The molecule has 5 heteroatoms. The molecule has 0 aliphatic heterocycles. The van der Waals surface area contributed by atoms with Crippen molar-refractivity contribution < 1.29 is 9.90 Å². The van der Waals surface area contributed by atoms with Gasteiger partial charge in [-0.15, -0.1) is 0 Å². The average Bonchev–Trinajstić information content (AvgIpc) is 2.42. The molecule has 0 fully saturated rings. The number of carboxylic acids is 1. The van der Waals surface area contributed by atoms with Crippen LogP contribution in [0.2, 0.25) is 0 Å². The Kier molecular flexibility index (Phi) is 3.45. The van der Waals surface area contributed by atoms with Crippen molar-refractivity contribution in [1.82, 2.24) is 9.78 Å². The van der Waals surface area contributed by atoms with Crippen LogP contribution in [0.4, 0.5) is 0 Å². The maximum atomic E-state index is 10.9. The molecule has 0 aliphatic rings. The van der Waals surface area contributed by atoms with Gasteiger partial charge in [0.2, 0.25) is 0 Å². The van der Waals surface area contributed by atoms with E-state index < -0.39 is 5.97 Å². The second kappa shape index (κ2) is 4.60. The predicted molar refractivity (Wildman–Crippen MR) is 53.5 cm³/mol. The topological polar surface area (TPSA) is 78.9 Å².